The summed E-state index contributed by atoms with van der Waals surface area (Å²) in [5.41, 5.74) is 0.608. The van der Waals surface area contributed by atoms with E-state index >= 15 is 0 Å². The lowest BCUT2D eigenvalue weighted by atomic mass is 9.84. The maximum Gasteiger partial charge on any atom is 0.150 e. The van der Waals surface area contributed by atoms with Crippen LogP contribution in [0.4, 0.5) is 4.39 Å². The number of benzene rings is 1. The molecule has 13 heavy (non-hydrogen) atoms. The van der Waals surface area contributed by atoms with E-state index in [2.05, 4.69) is 0 Å². The van der Waals surface area contributed by atoms with Crippen molar-refractivity contribution in [3.05, 3.63) is 35.1 Å². The molecule has 0 unspecified atom stereocenters. The first-order valence-corrected chi connectivity index (χ1v) is 4.13. The lowest BCUT2D eigenvalue weighted by molar-refractivity contribution is 0.112. The molecule has 70 valence electrons. The molecule has 0 spiro atoms. The topological polar surface area (TPSA) is 17.1 Å². The minimum Gasteiger partial charge on any atom is -0.298 e. The first-order valence-electron chi connectivity index (χ1n) is 4.63. The van der Waals surface area contributed by atoms with E-state index in [1.165, 1.54) is 6.07 Å². The highest BCUT2D eigenvalue weighted by molar-refractivity contribution is 5.77. The van der Waals surface area contributed by atoms with Crippen molar-refractivity contribution in [2.45, 2.75) is 26.2 Å². The highest BCUT2D eigenvalue weighted by atomic mass is 19.1. The van der Waals surface area contributed by atoms with Gasteiger partial charge in [0, 0.05) is 5.56 Å². The van der Waals surface area contributed by atoms with Gasteiger partial charge in [0.25, 0.3) is 0 Å². The second kappa shape index (κ2) is 3.29. The fourth-order valence-electron chi connectivity index (χ4n) is 1.25. The molecule has 0 radical (unpaired) electrons. The summed E-state index contributed by atoms with van der Waals surface area (Å²) in [7, 11) is 0. The van der Waals surface area contributed by atoms with E-state index in [1.54, 1.807) is 6.07 Å². The molecule has 0 saturated carbocycles. The second-order valence-electron chi connectivity index (χ2n) is 4.04. The Morgan fingerprint density at radius 3 is 2.54 bits per heavy atom. The molecule has 0 saturated heterocycles. The second-order valence-corrected chi connectivity index (χ2v) is 4.04. The molecular formula is C11H13FO. The van der Waals surface area contributed by atoms with Crippen molar-refractivity contribution in [3.8, 4) is 0 Å². The number of aldehydes is 1. The molecule has 0 N–H and O–H groups in total. The third-order valence-electron chi connectivity index (χ3n) is 1.90. The summed E-state index contributed by atoms with van der Waals surface area (Å²) in [5, 5.41) is 0. The SMILES string of the molecule is [2H]C(=O)c1cc(F)ccc1C(C)(C)C. The van der Waals surface area contributed by atoms with E-state index in [9.17, 15) is 9.18 Å². The van der Waals surface area contributed by atoms with Crippen molar-refractivity contribution in [1.29, 1.82) is 0 Å². The molecule has 0 fully saturated rings. The van der Waals surface area contributed by atoms with Gasteiger partial charge in [-0.3, -0.25) is 4.79 Å². The molecule has 1 nitrogen and oxygen atoms in total. The molecule has 0 amide bonds. The predicted octanol–water partition coefficient (Wildman–Crippen LogP) is 2.94. The lowest BCUT2D eigenvalue weighted by Gasteiger charge is -2.20. The number of hydrogen-bond acceptors (Lipinski definition) is 1. The Labute approximate surface area is 79.0 Å². The Hall–Kier alpha value is -1.18. The van der Waals surface area contributed by atoms with Crippen molar-refractivity contribution in [1.82, 2.24) is 0 Å². The molecule has 0 aliphatic heterocycles. The van der Waals surface area contributed by atoms with Gasteiger partial charge in [0.15, 0.2) is 0 Å². The average Bonchev–Trinajstić information content (AvgIpc) is 2.01. The standard InChI is InChI=1S/C11H13FO/c1-11(2,3)10-5-4-9(12)6-8(10)7-13/h4-7H,1-3H3/i7D. The van der Waals surface area contributed by atoms with Gasteiger partial charge in [-0.15, -0.1) is 0 Å². The van der Waals surface area contributed by atoms with Gasteiger partial charge in [-0.25, -0.2) is 4.39 Å². The van der Waals surface area contributed by atoms with Crippen LogP contribution in [-0.2, 0) is 5.41 Å². The van der Waals surface area contributed by atoms with E-state index in [-0.39, 0.29) is 11.0 Å². The molecule has 0 bridgehead atoms. The summed E-state index contributed by atoms with van der Waals surface area (Å²) in [5.74, 6) is -0.478. The third-order valence-corrected chi connectivity index (χ3v) is 1.90. The number of carbonyl (C=O) groups excluding carboxylic acids is 1. The number of hydrogen-bond donors (Lipinski definition) is 0. The van der Waals surface area contributed by atoms with Crippen LogP contribution in [0.25, 0.3) is 0 Å². The first kappa shape index (κ1) is 8.42. The van der Waals surface area contributed by atoms with Gasteiger partial charge in [-0.2, -0.15) is 0 Å². The molecule has 0 heterocycles. The summed E-state index contributed by atoms with van der Waals surface area (Å²) in [6, 6.07) is 4.00. The molecule has 0 aliphatic carbocycles. The van der Waals surface area contributed by atoms with Gasteiger partial charge in [0.05, 0.1) is 0 Å². The van der Waals surface area contributed by atoms with Gasteiger partial charge in [0.1, 0.15) is 13.5 Å². The van der Waals surface area contributed by atoms with Crippen LogP contribution in [-0.4, -0.2) is 6.26 Å². The van der Waals surface area contributed by atoms with Crippen molar-refractivity contribution in [3.63, 3.8) is 0 Å². The normalized spacial score (nSPS) is 12.5. The zero-order valence-electron chi connectivity index (χ0n) is 9.02. The molecule has 0 atom stereocenters. The Bertz CT molecular complexity index is 366. The number of rotatable bonds is 1. The quantitative estimate of drug-likeness (QED) is 0.609. The minimum absolute atomic E-state index is 0.150. The molecule has 0 aliphatic rings. The van der Waals surface area contributed by atoms with Crippen LogP contribution >= 0.6 is 0 Å². The summed E-state index contributed by atoms with van der Waals surface area (Å²) in [6.45, 7) is 5.77. The van der Waals surface area contributed by atoms with Gasteiger partial charge >= 0.3 is 0 Å². The van der Waals surface area contributed by atoms with Crippen LogP contribution in [0.3, 0.4) is 0 Å². The van der Waals surface area contributed by atoms with Gasteiger partial charge in [-0.1, -0.05) is 26.8 Å². The highest BCUT2D eigenvalue weighted by Crippen LogP contribution is 2.25. The van der Waals surface area contributed by atoms with E-state index < -0.39 is 12.1 Å². The van der Waals surface area contributed by atoms with Crippen LogP contribution in [0.15, 0.2) is 18.2 Å². The fourth-order valence-corrected chi connectivity index (χ4v) is 1.25. The third kappa shape index (κ3) is 2.14. The Kier molecular flexibility index (Phi) is 2.13. The largest absolute Gasteiger partial charge is 0.298 e. The lowest BCUT2D eigenvalue weighted by Crippen LogP contribution is -2.14. The Morgan fingerprint density at radius 2 is 2.08 bits per heavy atom. The molecule has 1 rings (SSSR count). The maximum atomic E-state index is 12.9. The Balaban J connectivity index is 3.37. The molecule has 1 aromatic carbocycles. The monoisotopic (exact) mass is 181 g/mol. The van der Waals surface area contributed by atoms with E-state index in [1.807, 2.05) is 20.8 Å². The van der Waals surface area contributed by atoms with Gasteiger partial charge < -0.3 is 0 Å². The zero-order chi connectivity index (χ0) is 10.9. The first-order chi connectivity index (χ1) is 6.32. The fraction of sp³-hybridized carbons (Fsp3) is 0.364. The molecule has 2 heteroatoms. The maximum absolute atomic E-state index is 12.9. The summed E-state index contributed by atoms with van der Waals surface area (Å²) < 4.78 is 19.9. The Morgan fingerprint density at radius 1 is 1.46 bits per heavy atom. The van der Waals surface area contributed by atoms with Crippen molar-refractivity contribution >= 4 is 6.26 Å². The van der Waals surface area contributed by atoms with Gasteiger partial charge in [0.2, 0.25) is 0 Å². The van der Waals surface area contributed by atoms with Crippen LogP contribution in [0.1, 0.15) is 38.1 Å². The number of halogens is 1. The van der Waals surface area contributed by atoms with Crippen LogP contribution in [0.2, 0.25) is 0 Å². The molecular weight excluding hydrogens is 167 g/mol. The summed E-state index contributed by atoms with van der Waals surface area (Å²) in [4.78, 5) is 11.0. The smallest absolute Gasteiger partial charge is 0.150 e. The van der Waals surface area contributed by atoms with E-state index in [0.29, 0.717) is 5.56 Å². The summed E-state index contributed by atoms with van der Waals surface area (Å²) in [6.07, 6.45) is -0.838. The highest BCUT2D eigenvalue weighted by Gasteiger charge is 2.17. The van der Waals surface area contributed by atoms with Gasteiger partial charge in [-0.05, 0) is 23.1 Å². The van der Waals surface area contributed by atoms with Crippen molar-refractivity contribution in [2.24, 2.45) is 0 Å². The zero-order valence-corrected chi connectivity index (χ0v) is 8.02. The summed E-state index contributed by atoms with van der Waals surface area (Å²) >= 11 is 0. The van der Waals surface area contributed by atoms with Crippen molar-refractivity contribution in [2.75, 3.05) is 0 Å². The van der Waals surface area contributed by atoms with E-state index in [0.717, 1.165) is 6.07 Å². The predicted molar refractivity (Wildman–Crippen MR) is 50.5 cm³/mol. The van der Waals surface area contributed by atoms with Crippen LogP contribution in [0, 0.1) is 5.82 Å². The van der Waals surface area contributed by atoms with E-state index in [4.69, 9.17) is 1.37 Å². The minimum atomic E-state index is -0.838. The number of carbonyl (C=O) groups is 1. The van der Waals surface area contributed by atoms with Crippen LogP contribution in [0.5, 0.6) is 0 Å². The van der Waals surface area contributed by atoms with Crippen LogP contribution < -0.4 is 0 Å². The average molecular weight is 181 g/mol. The molecule has 0 aromatic heterocycles. The van der Waals surface area contributed by atoms with Crippen molar-refractivity contribution < 1.29 is 10.6 Å². The molecule has 1 aromatic rings.